The van der Waals surface area contributed by atoms with Crippen molar-refractivity contribution >= 4 is 5.97 Å². The van der Waals surface area contributed by atoms with Gasteiger partial charge in [0, 0.05) is 18.4 Å². The SMILES string of the molecule is CCn1cncc1Cn1c(C)ccc(C(=O)O)c1=O. The third-order valence-electron chi connectivity index (χ3n) is 3.08. The molecule has 0 radical (unpaired) electrons. The van der Waals surface area contributed by atoms with Crippen molar-refractivity contribution < 1.29 is 9.90 Å². The summed E-state index contributed by atoms with van der Waals surface area (Å²) in [4.78, 5) is 27.1. The minimum atomic E-state index is -1.21. The average Bonchev–Trinajstić information content (AvgIpc) is 2.81. The molecule has 2 rings (SSSR count). The molecule has 0 amide bonds. The molecule has 19 heavy (non-hydrogen) atoms. The van der Waals surface area contributed by atoms with Gasteiger partial charge in [0.2, 0.25) is 0 Å². The van der Waals surface area contributed by atoms with Crippen molar-refractivity contribution in [1.29, 1.82) is 0 Å². The number of imidazole rings is 1. The number of aryl methyl sites for hydroxylation is 2. The number of nitrogens with zero attached hydrogens (tertiary/aromatic N) is 3. The first-order chi connectivity index (χ1) is 9.04. The second kappa shape index (κ2) is 5.09. The van der Waals surface area contributed by atoms with E-state index in [9.17, 15) is 9.59 Å². The van der Waals surface area contributed by atoms with Gasteiger partial charge in [-0.25, -0.2) is 9.78 Å². The van der Waals surface area contributed by atoms with E-state index in [-0.39, 0.29) is 5.56 Å². The van der Waals surface area contributed by atoms with E-state index in [4.69, 9.17) is 5.11 Å². The van der Waals surface area contributed by atoms with Crippen molar-refractivity contribution in [3.8, 4) is 0 Å². The van der Waals surface area contributed by atoms with Crippen molar-refractivity contribution in [2.75, 3.05) is 0 Å². The van der Waals surface area contributed by atoms with E-state index in [0.717, 1.165) is 17.9 Å². The Labute approximate surface area is 109 Å². The molecule has 6 heteroatoms. The summed E-state index contributed by atoms with van der Waals surface area (Å²) in [7, 11) is 0. The molecule has 1 N–H and O–H groups in total. The van der Waals surface area contributed by atoms with Crippen LogP contribution in [0, 0.1) is 6.92 Å². The smallest absolute Gasteiger partial charge is 0.341 e. The van der Waals surface area contributed by atoms with Crippen molar-refractivity contribution in [1.82, 2.24) is 14.1 Å². The Morgan fingerprint density at radius 2 is 2.16 bits per heavy atom. The number of pyridine rings is 1. The largest absolute Gasteiger partial charge is 0.477 e. The number of hydrogen-bond acceptors (Lipinski definition) is 3. The molecule has 0 saturated carbocycles. The van der Waals surface area contributed by atoms with E-state index < -0.39 is 11.5 Å². The van der Waals surface area contributed by atoms with Gasteiger partial charge in [0.25, 0.3) is 5.56 Å². The third kappa shape index (κ3) is 2.42. The van der Waals surface area contributed by atoms with Gasteiger partial charge < -0.3 is 14.2 Å². The van der Waals surface area contributed by atoms with Crippen LogP contribution in [-0.2, 0) is 13.1 Å². The molecule has 0 aromatic carbocycles. The lowest BCUT2D eigenvalue weighted by Gasteiger charge is -2.11. The van der Waals surface area contributed by atoms with Crippen LogP contribution in [0.1, 0.15) is 28.7 Å². The molecular weight excluding hydrogens is 246 g/mol. The molecule has 0 atom stereocenters. The first-order valence-corrected chi connectivity index (χ1v) is 5.97. The molecule has 0 aliphatic rings. The Hall–Kier alpha value is -2.37. The van der Waals surface area contributed by atoms with Crippen LogP contribution in [-0.4, -0.2) is 25.2 Å². The summed E-state index contributed by atoms with van der Waals surface area (Å²) in [6.45, 7) is 4.83. The second-order valence-electron chi connectivity index (χ2n) is 4.26. The molecule has 0 unspecified atom stereocenters. The summed E-state index contributed by atoms with van der Waals surface area (Å²) in [6, 6.07) is 2.98. The maximum Gasteiger partial charge on any atom is 0.341 e. The molecule has 0 spiro atoms. The number of aromatic carboxylic acids is 1. The summed E-state index contributed by atoms with van der Waals surface area (Å²) >= 11 is 0. The first kappa shape index (κ1) is 13.1. The molecule has 0 bridgehead atoms. The standard InChI is InChI=1S/C13H15N3O3/c1-3-15-8-14-6-10(15)7-16-9(2)4-5-11(12(16)17)13(18)19/h4-6,8H,3,7H2,1-2H3,(H,18,19). The Balaban J connectivity index is 2.48. The highest BCUT2D eigenvalue weighted by Gasteiger charge is 2.13. The number of rotatable bonds is 4. The topological polar surface area (TPSA) is 77.1 Å². The quantitative estimate of drug-likeness (QED) is 0.894. The maximum absolute atomic E-state index is 12.1. The van der Waals surface area contributed by atoms with E-state index in [1.165, 1.54) is 10.6 Å². The van der Waals surface area contributed by atoms with Crippen molar-refractivity contribution in [2.45, 2.75) is 26.9 Å². The minimum Gasteiger partial charge on any atom is -0.477 e. The van der Waals surface area contributed by atoms with Crippen LogP contribution in [0.2, 0.25) is 0 Å². The second-order valence-corrected chi connectivity index (χ2v) is 4.26. The van der Waals surface area contributed by atoms with Crippen LogP contribution in [0.4, 0.5) is 0 Å². The number of carbonyl (C=O) groups is 1. The molecule has 0 fully saturated rings. The molecule has 0 saturated heterocycles. The van der Waals surface area contributed by atoms with Gasteiger partial charge in [0.05, 0.1) is 18.6 Å². The summed E-state index contributed by atoms with van der Waals surface area (Å²) < 4.78 is 3.37. The van der Waals surface area contributed by atoms with Crippen molar-refractivity contribution in [3.63, 3.8) is 0 Å². The van der Waals surface area contributed by atoms with Gasteiger partial charge in [0.15, 0.2) is 0 Å². The van der Waals surface area contributed by atoms with Crippen LogP contribution >= 0.6 is 0 Å². The Morgan fingerprint density at radius 1 is 1.42 bits per heavy atom. The van der Waals surface area contributed by atoms with Gasteiger partial charge in [-0.05, 0) is 26.0 Å². The molecular formula is C13H15N3O3. The lowest BCUT2D eigenvalue weighted by atomic mass is 10.2. The minimum absolute atomic E-state index is 0.215. The Bertz CT molecular complexity index is 670. The van der Waals surface area contributed by atoms with Crippen molar-refractivity contribution in [2.24, 2.45) is 0 Å². The van der Waals surface area contributed by atoms with Gasteiger partial charge >= 0.3 is 5.97 Å². The molecule has 2 heterocycles. The van der Waals surface area contributed by atoms with E-state index in [1.807, 2.05) is 11.5 Å². The van der Waals surface area contributed by atoms with E-state index in [1.54, 1.807) is 25.5 Å². The molecule has 0 aliphatic heterocycles. The monoisotopic (exact) mass is 261 g/mol. The fourth-order valence-corrected chi connectivity index (χ4v) is 1.96. The Kier molecular flexibility index (Phi) is 3.50. The molecule has 0 aliphatic carbocycles. The van der Waals surface area contributed by atoms with Crippen LogP contribution in [0.15, 0.2) is 29.5 Å². The normalized spacial score (nSPS) is 10.6. The van der Waals surface area contributed by atoms with E-state index >= 15 is 0 Å². The summed E-state index contributed by atoms with van der Waals surface area (Å²) in [5.41, 5.74) is 0.888. The van der Waals surface area contributed by atoms with Gasteiger partial charge in [-0.3, -0.25) is 4.79 Å². The van der Waals surface area contributed by atoms with E-state index in [2.05, 4.69) is 4.98 Å². The number of carboxylic acid groups (broad SMARTS) is 1. The van der Waals surface area contributed by atoms with Gasteiger partial charge in [-0.15, -0.1) is 0 Å². The fraction of sp³-hybridized carbons (Fsp3) is 0.308. The highest BCUT2D eigenvalue weighted by Crippen LogP contribution is 2.05. The zero-order chi connectivity index (χ0) is 14.0. The highest BCUT2D eigenvalue weighted by molar-refractivity contribution is 5.87. The van der Waals surface area contributed by atoms with Gasteiger partial charge in [0.1, 0.15) is 5.56 Å². The fourth-order valence-electron chi connectivity index (χ4n) is 1.96. The zero-order valence-electron chi connectivity index (χ0n) is 10.8. The Morgan fingerprint density at radius 3 is 2.79 bits per heavy atom. The number of carboxylic acids is 1. The molecule has 2 aromatic rings. The lowest BCUT2D eigenvalue weighted by molar-refractivity contribution is 0.0694. The highest BCUT2D eigenvalue weighted by atomic mass is 16.4. The van der Waals surface area contributed by atoms with Gasteiger partial charge in [-0.2, -0.15) is 0 Å². The first-order valence-electron chi connectivity index (χ1n) is 5.97. The maximum atomic E-state index is 12.1. The van der Waals surface area contributed by atoms with E-state index in [0.29, 0.717) is 6.54 Å². The van der Waals surface area contributed by atoms with Crippen molar-refractivity contribution in [3.05, 3.63) is 52.0 Å². The number of hydrogen-bond donors (Lipinski definition) is 1. The summed E-state index contributed by atoms with van der Waals surface area (Å²) in [5, 5.41) is 8.98. The predicted molar refractivity (Wildman–Crippen MR) is 69.4 cm³/mol. The van der Waals surface area contributed by atoms with Crippen LogP contribution in [0.5, 0.6) is 0 Å². The molecule has 2 aromatic heterocycles. The van der Waals surface area contributed by atoms with Crippen LogP contribution < -0.4 is 5.56 Å². The zero-order valence-corrected chi connectivity index (χ0v) is 10.8. The summed E-state index contributed by atoms with van der Waals surface area (Å²) in [5.74, 6) is -1.21. The molecule has 100 valence electrons. The third-order valence-corrected chi connectivity index (χ3v) is 3.08. The lowest BCUT2D eigenvalue weighted by Crippen LogP contribution is -2.28. The molecule has 6 nitrogen and oxygen atoms in total. The van der Waals surface area contributed by atoms with Crippen LogP contribution in [0.3, 0.4) is 0 Å². The summed E-state index contributed by atoms with van der Waals surface area (Å²) in [6.07, 6.45) is 3.37. The predicted octanol–water partition coefficient (Wildman–Crippen LogP) is 1.12. The average molecular weight is 261 g/mol. The van der Waals surface area contributed by atoms with Gasteiger partial charge in [-0.1, -0.05) is 0 Å². The number of aromatic nitrogens is 3. The van der Waals surface area contributed by atoms with Crippen LogP contribution in [0.25, 0.3) is 0 Å².